The van der Waals surface area contributed by atoms with Crippen molar-refractivity contribution in [3.05, 3.63) is 33.8 Å². The van der Waals surface area contributed by atoms with E-state index in [0.717, 1.165) is 43.1 Å². The zero-order valence-corrected chi connectivity index (χ0v) is 11.2. The number of rotatable bonds is 2. The lowest BCUT2D eigenvalue weighted by Crippen LogP contribution is -2.33. The number of piperidine rings is 1. The molecule has 88 valence electrons. The molecule has 2 rings (SSSR count). The van der Waals surface area contributed by atoms with Crippen LogP contribution in [0.1, 0.15) is 18.4 Å². The molecule has 0 N–H and O–H groups in total. The number of hydrogen-bond donors (Lipinski definition) is 0. The van der Waals surface area contributed by atoms with Crippen molar-refractivity contribution in [3.63, 3.8) is 0 Å². The van der Waals surface area contributed by atoms with Crippen molar-refractivity contribution in [2.75, 3.05) is 13.1 Å². The van der Waals surface area contributed by atoms with Gasteiger partial charge in [-0.3, -0.25) is 4.90 Å². The molecular weight excluding hydrogens is 264 g/mol. The van der Waals surface area contributed by atoms with Gasteiger partial charge >= 0.3 is 0 Å². The van der Waals surface area contributed by atoms with Crippen molar-refractivity contribution in [3.8, 4) is 0 Å². The van der Waals surface area contributed by atoms with E-state index >= 15 is 0 Å². The molecule has 16 heavy (non-hydrogen) atoms. The van der Waals surface area contributed by atoms with E-state index < -0.39 is 0 Å². The minimum atomic E-state index is 0.344. The second-order valence-corrected chi connectivity index (χ2v) is 5.65. The Balaban J connectivity index is 1.98. The van der Waals surface area contributed by atoms with Crippen LogP contribution in [0.3, 0.4) is 0 Å². The molecule has 0 aliphatic carbocycles. The molecule has 0 atom stereocenters. The van der Waals surface area contributed by atoms with Gasteiger partial charge in [0.25, 0.3) is 0 Å². The van der Waals surface area contributed by atoms with Gasteiger partial charge in [0.2, 0.25) is 0 Å². The zero-order chi connectivity index (χ0) is 11.5. The van der Waals surface area contributed by atoms with Gasteiger partial charge in [-0.15, -0.1) is 11.6 Å². The normalized spacial score (nSPS) is 18.9. The third-order valence-corrected chi connectivity index (χ3v) is 3.95. The van der Waals surface area contributed by atoms with Gasteiger partial charge in [-0.1, -0.05) is 29.3 Å². The number of benzene rings is 1. The molecule has 1 nitrogen and oxygen atoms in total. The first-order valence-electron chi connectivity index (χ1n) is 5.45. The van der Waals surface area contributed by atoms with E-state index in [1.165, 1.54) is 0 Å². The van der Waals surface area contributed by atoms with Crippen LogP contribution in [-0.4, -0.2) is 23.4 Å². The average Bonchev–Trinajstić information content (AvgIpc) is 2.25. The second kappa shape index (κ2) is 5.59. The lowest BCUT2D eigenvalue weighted by atomic mass is 10.1. The summed E-state index contributed by atoms with van der Waals surface area (Å²) in [5.41, 5.74) is 1.14. The van der Waals surface area contributed by atoms with Crippen LogP contribution in [0, 0.1) is 0 Å². The SMILES string of the molecule is Clc1ccc(CN2CCC(Cl)CC2)c(Cl)c1. The summed E-state index contributed by atoms with van der Waals surface area (Å²) in [4.78, 5) is 2.38. The Hall–Kier alpha value is 0.0500. The maximum atomic E-state index is 6.14. The van der Waals surface area contributed by atoms with E-state index in [1.807, 2.05) is 12.1 Å². The van der Waals surface area contributed by atoms with Gasteiger partial charge in [-0.05, 0) is 43.6 Å². The standard InChI is InChI=1S/C12H14Cl3N/c13-10-3-5-16(6-4-10)8-9-1-2-11(14)7-12(9)15/h1-2,7,10H,3-6,8H2. The monoisotopic (exact) mass is 277 g/mol. The highest BCUT2D eigenvalue weighted by molar-refractivity contribution is 6.35. The summed E-state index contributed by atoms with van der Waals surface area (Å²) in [7, 11) is 0. The largest absolute Gasteiger partial charge is 0.299 e. The molecule has 0 amide bonds. The molecule has 0 bridgehead atoms. The molecule has 0 saturated carbocycles. The Morgan fingerprint density at radius 1 is 1.19 bits per heavy atom. The van der Waals surface area contributed by atoms with Crippen molar-refractivity contribution in [1.82, 2.24) is 4.90 Å². The fourth-order valence-electron chi connectivity index (χ4n) is 1.95. The molecule has 1 aliphatic heterocycles. The van der Waals surface area contributed by atoms with Crippen molar-refractivity contribution in [1.29, 1.82) is 0 Å². The Kier molecular flexibility index (Phi) is 4.37. The van der Waals surface area contributed by atoms with Crippen LogP contribution < -0.4 is 0 Å². The lowest BCUT2D eigenvalue weighted by molar-refractivity contribution is 0.223. The summed E-state index contributed by atoms with van der Waals surface area (Å²) in [5.74, 6) is 0. The van der Waals surface area contributed by atoms with E-state index in [2.05, 4.69) is 4.90 Å². The summed E-state index contributed by atoms with van der Waals surface area (Å²) in [6.45, 7) is 2.99. The minimum Gasteiger partial charge on any atom is -0.299 e. The van der Waals surface area contributed by atoms with Crippen molar-refractivity contribution < 1.29 is 0 Å². The second-order valence-electron chi connectivity index (χ2n) is 4.19. The summed E-state index contributed by atoms with van der Waals surface area (Å²) in [6.07, 6.45) is 2.12. The third-order valence-electron chi connectivity index (χ3n) is 2.93. The van der Waals surface area contributed by atoms with E-state index in [0.29, 0.717) is 10.4 Å². The molecule has 4 heteroatoms. The van der Waals surface area contributed by atoms with Gasteiger partial charge in [-0.2, -0.15) is 0 Å². The lowest BCUT2D eigenvalue weighted by Gasteiger charge is -2.29. The van der Waals surface area contributed by atoms with Gasteiger partial charge in [0.15, 0.2) is 0 Å². The van der Waals surface area contributed by atoms with Gasteiger partial charge in [0.1, 0.15) is 0 Å². The van der Waals surface area contributed by atoms with E-state index in [9.17, 15) is 0 Å². The first kappa shape index (κ1) is 12.5. The zero-order valence-electron chi connectivity index (χ0n) is 8.93. The maximum Gasteiger partial charge on any atom is 0.0465 e. The topological polar surface area (TPSA) is 3.24 Å². The fraction of sp³-hybridized carbons (Fsp3) is 0.500. The molecule has 0 aromatic heterocycles. The number of halogens is 3. The van der Waals surface area contributed by atoms with E-state index in [4.69, 9.17) is 34.8 Å². The molecule has 0 spiro atoms. The van der Waals surface area contributed by atoms with Crippen LogP contribution in [0.2, 0.25) is 10.0 Å². The van der Waals surface area contributed by atoms with Gasteiger partial charge in [0.05, 0.1) is 0 Å². The minimum absolute atomic E-state index is 0.344. The van der Waals surface area contributed by atoms with Crippen LogP contribution in [0.5, 0.6) is 0 Å². The highest BCUT2D eigenvalue weighted by Gasteiger charge is 2.17. The van der Waals surface area contributed by atoms with Crippen LogP contribution in [0.15, 0.2) is 18.2 Å². The molecule has 0 radical (unpaired) electrons. The van der Waals surface area contributed by atoms with Crippen LogP contribution in [0.25, 0.3) is 0 Å². The Morgan fingerprint density at radius 2 is 1.88 bits per heavy atom. The van der Waals surface area contributed by atoms with Crippen molar-refractivity contribution in [2.24, 2.45) is 0 Å². The molecular formula is C12H14Cl3N. The Bertz CT molecular complexity index is 359. The molecule has 1 heterocycles. The molecule has 1 aromatic carbocycles. The summed E-state index contributed by atoms with van der Waals surface area (Å²) in [5, 5.41) is 1.78. The third kappa shape index (κ3) is 3.27. The van der Waals surface area contributed by atoms with Gasteiger partial charge in [-0.25, -0.2) is 0 Å². The van der Waals surface area contributed by atoms with E-state index in [1.54, 1.807) is 6.07 Å². The average molecular weight is 279 g/mol. The molecule has 1 saturated heterocycles. The summed E-state index contributed by atoms with van der Waals surface area (Å²) in [6, 6.07) is 5.68. The highest BCUT2D eigenvalue weighted by atomic mass is 35.5. The smallest absolute Gasteiger partial charge is 0.0465 e. The van der Waals surface area contributed by atoms with Crippen molar-refractivity contribution >= 4 is 34.8 Å². The van der Waals surface area contributed by atoms with Gasteiger partial charge in [0, 0.05) is 22.0 Å². The molecule has 1 aliphatic rings. The first-order valence-corrected chi connectivity index (χ1v) is 6.65. The number of nitrogens with zero attached hydrogens (tertiary/aromatic N) is 1. The number of likely N-dealkylation sites (tertiary alicyclic amines) is 1. The van der Waals surface area contributed by atoms with E-state index in [-0.39, 0.29) is 0 Å². The predicted octanol–water partition coefficient (Wildman–Crippen LogP) is 4.20. The fourth-order valence-corrected chi connectivity index (χ4v) is 2.61. The number of alkyl halides is 1. The summed E-state index contributed by atoms with van der Waals surface area (Å²) < 4.78 is 0. The Morgan fingerprint density at radius 3 is 2.50 bits per heavy atom. The first-order chi connectivity index (χ1) is 7.65. The van der Waals surface area contributed by atoms with Crippen molar-refractivity contribution in [2.45, 2.75) is 24.8 Å². The predicted molar refractivity (Wildman–Crippen MR) is 70.6 cm³/mol. The van der Waals surface area contributed by atoms with Crippen LogP contribution in [0.4, 0.5) is 0 Å². The maximum absolute atomic E-state index is 6.14. The van der Waals surface area contributed by atoms with Crippen LogP contribution in [-0.2, 0) is 6.54 Å². The van der Waals surface area contributed by atoms with Gasteiger partial charge < -0.3 is 0 Å². The van der Waals surface area contributed by atoms with Crippen LogP contribution >= 0.6 is 34.8 Å². The Labute approximate surface area is 111 Å². The molecule has 1 aromatic rings. The summed E-state index contributed by atoms with van der Waals surface area (Å²) >= 11 is 18.1. The quantitative estimate of drug-likeness (QED) is 0.733. The molecule has 1 fully saturated rings. The highest BCUT2D eigenvalue weighted by Crippen LogP contribution is 2.24. The number of hydrogen-bond acceptors (Lipinski definition) is 1. The molecule has 0 unspecified atom stereocenters.